The van der Waals surface area contributed by atoms with Gasteiger partial charge >= 0.3 is 5.97 Å². The summed E-state index contributed by atoms with van der Waals surface area (Å²) in [6, 6.07) is 11.3. The van der Waals surface area contributed by atoms with Gasteiger partial charge in [0.05, 0.1) is 40.7 Å². The lowest BCUT2D eigenvalue weighted by Gasteiger charge is -2.31. The Morgan fingerprint density at radius 1 is 1.09 bits per heavy atom. The largest absolute Gasteiger partial charge is 0.493 e. The van der Waals surface area contributed by atoms with Crippen molar-refractivity contribution in [2.24, 2.45) is 5.92 Å². The number of carboxylic acids is 1. The molecule has 3 atom stereocenters. The van der Waals surface area contributed by atoms with Crippen molar-refractivity contribution in [1.29, 1.82) is 0 Å². The highest BCUT2D eigenvalue weighted by Crippen LogP contribution is 2.47. The van der Waals surface area contributed by atoms with Crippen molar-refractivity contribution < 1.29 is 38.2 Å². The highest BCUT2D eigenvalue weighted by molar-refractivity contribution is 5.95. The number of carbonyl (C=O) groups excluding carboxylic acids is 2. The molecule has 0 saturated carbocycles. The van der Waals surface area contributed by atoms with Crippen LogP contribution in [0.3, 0.4) is 0 Å². The number of unbranched alkanes of at least 4 members (excludes halogenated alkanes) is 1. The number of likely N-dealkylation sites (tertiary alicyclic amines) is 1. The van der Waals surface area contributed by atoms with Gasteiger partial charge in [0.1, 0.15) is 6.54 Å². The maximum atomic E-state index is 14.2. The minimum atomic E-state index is -0.941. The van der Waals surface area contributed by atoms with E-state index >= 15 is 0 Å². The Labute approximate surface area is 273 Å². The Morgan fingerprint density at radius 2 is 1.85 bits per heavy atom. The van der Waals surface area contributed by atoms with E-state index in [-0.39, 0.29) is 25.2 Å². The number of hydrogen-bond donors (Lipinski definition) is 1. The Morgan fingerprint density at radius 3 is 2.48 bits per heavy atom. The molecule has 0 bridgehead atoms. The highest BCUT2D eigenvalue weighted by Gasteiger charge is 2.48. The second-order valence-corrected chi connectivity index (χ2v) is 13.3. The average molecular weight is 640 g/mol. The summed E-state index contributed by atoms with van der Waals surface area (Å²) >= 11 is 0. The number of hydrogen-bond acceptors (Lipinski definition) is 7. The number of nitrogens with zero attached hydrogens (tertiary/aromatic N) is 4. The quantitative estimate of drug-likeness (QED) is 0.289. The lowest BCUT2D eigenvalue weighted by Crippen LogP contribution is -2.46. The number of methoxy groups -OCH3 is 1. The normalized spacial score (nSPS) is 19.2. The third-order valence-electron chi connectivity index (χ3n) is 8.92. The van der Waals surface area contributed by atoms with Gasteiger partial charge in [0.15, 0.2) is 11.5 Å². The molecule has 2 amide bonds. The fraction of sp³-hybridized carbons (Fsp3) is 0.571. The van der Waals surface area contributed by atoms with E-state index in [4.69, 9.17) is 14.2 Å². The number of rotatable bonds is 15. The summed E-state index contributed by atoms with van der Waals surface area (Å²) in [7, 11) is 7.95. The zero-order valence-electron chi connectivity index (χ0n) is 28.5. The number of benzene rings is 2. The van der Waals surface area contributed by atoms with Crippen LogP contribution in [0.5, 0.6) is 17.2 Å². The maximum absolute atomic E-state index is 14.2. The molecule has 2 aromatic rings. The van der Waals surface area contributed by atoms with Crippen molar-refractivity contribution in [1.82, 2.24) is 9.80 Å². The van der Waals surface area contributed by atoms with Gasteiger partial charge in [0, 0.05) is 56.3 Å². The van der Waals surface area contributed by atoms with Gasteiger partial charge in [-0.3, -0.25) is 19.3 Å². The second kappa shape index (κ2) is 15.2. The molecule has 1 saturated heterocycles. The van der Waals surface area contributed by atoms with Gasteiger partial charge < -0.3 is 33.6 Å². The van der Waals surface area contributed by atoms with Gasteiger partial charge in [-0.15, -0.1) is 0 Å². The first-order valence-electron chi connectivity index (χ1n) is 16.3. The van der Waals surface area contributed by atoms with E-state index in [1.54, 1.807) is 12.0 Å². The summed E-state index contributed by atoms with van der Waals surface area (Å²) in [6.07, 6.45) is 2.20. The maximum Gasteiger partial charge on any atom is 0.308 e. The van der Waals surface area contributed by atoms with Gasteiger partial charge in [-0.2, -0.15) is 0 Å². The fourth-order valence-electron chi connectivity index (χ4n) is 6.72. The number of ether oxygens (including phenoxy) is 3. The second-order valence-electron chi connectivity index (χ2n) is 13.3. The van der Waals surface area contributed by atoms with Crippen molar-refractivity contribution in [3.63, 3.8) is 0 Å². The molecule has 11 nitrogen and oxygen atoms in total. The molecule has 46 heavy (non-hydrogen) atoms. The molecule has 2 aromatic carbocycles. The van der Waals surface area contributed by atoms with Crippen LogP contribution in [0.4, 0.5) is 5.69 Å². The van der Waals surface area contributed by atoms with E-state index < -0.39 is 23.8 Å². The van der Waals surface area contributed by atoms with Crippen LogP contribution < -0.4 is 19.1 Å². The van der Waals surface area contributed by atoms with Crippen LogP contribution in [0, 0.1) is 5.92 Å². The number of carboxylic acid groups (broad SMARTS) is 1. The van der Waals surface area contributed by atoms with E-state index in [9.17, 15) is 19.5 Å². The molecule has 0 aromatic heterocycles. The standard InChI is InChI=1S/C35H50N4O7/c1-8-10-15-38(27-13-11-12-25(17-27)22-39(4,5)6)32(41)21-37-20-28(26-18-30(44-7)34-31(19-26)45-23-46-34)33(35(42)43)29(37)14-16-36(9-2)24(3)40/h11-13,17-19,28-29,33H,8-10,14-16,20-23H2,1-7H3/p+1/t28-,29+,33?/m1/s1. The van der Waals surface area contributed by atoms with E-state index in [0.29, 0.717) is 49.8 Å². The van der Waals surface area contributed by atoms with E-state index in [1.807, 2.05) is 41.0 Å². The predicted molar refractivity (Wildman–Crippen MR) is 176 cm³/mol. The van der Waals surface area contributed by atoms with Crippen molar-refractivity contribution in [2.45, 2.75) is 58.5 Å². The Kier molecular flexibility index (Phi) is 11.6. The molecule has 2 aliphatic rings. The van der Waals surface area contributed by atoms with Gasteiger partial charge in [0.25, 0.3) is 0 Å². The van der Waals surface area contributed by atoms with Crippen LogP contribution in [0.2, 0.25) is 0 Å². The Bertz CT molecular complexity index is 1390. The van der Waals surface area contributed by atoms with E-state index in [2.05, 4.69) is 40.2 Å². The third kappa shape index (κ3) is 8.30. The van der Waals surface area contributed by atoms with Crippen LogP contribution in [0.1, 0.15) is 57.1 Å². The Balaban J connectivity index is 1.69. The third-order valence-corrected chi connectivity index (χ3v) is 8.92. The van der Waals surface area contributed by atoms with Crippen LogP contribution >= 0.6 is 0 Å². The SMILES string of the molecule is CCCCN(C(=O)CN1C[C@H](c2cc(OC)c3c(c2)OCO3)C(C(=O)O)[C@@H]1CCN(CC)C(C)=O)c1cccc(C[N+](C)(C)C)c1. The van der Waals surface area contributed by atoms with Crippen molar-refractivity contribution in [3.05, 3.63) is 47.5 Å². The lowest BCUT2D eigenvalue weighted by atomic mass is 9.84. The monoisotopic (exact) mass is 639 g/mol. The molecule has 0 aliphatic carbocycles. The lowest BCUT2D eigenvalue weighted by molar-refractivity contribution is -0.884. The highest BCUT2D eigenvalue weighted by atomic mass is 16.7. The van der Waals surface area contributed by atoms with Crippen molar-refractivity contribution in [2.75, 3.05) is 72.7 Å². The van der Waals surface area contributed by atoms with Gasteiger partial charge in [-0.05, 0) is 49.6 Å². The number of anilines is 1. The average Bonchev–Trinajstić information content (AvgIpc) is 3.61. The minimum absolute atomic E-state index is 0.0576. The van der Waals surface area contributed by atoms with Gasteiger partial charge in [0.2, 0.25) is 24.4 Å². The molecular formula is C35H51N4O7+. The summed E-state index contributed by atoms with van der Waals surface area (Å²) in [5, 5.41) is 10.7. The molecule has 1 fully saturated rings. The number of carbonyl (C=O) groups is 3. The zero-order valence-corrected chi connectivity index (χ0v) is 28.5. The summed E-state index contributed by atoms with van der Waals surface area (Å²) in [5.41, 5.74) is 2.74. The molecule has 0 spiro atoms. The smallest absolute Gasteiger partial charge is 0.308 e. The van der Waals surface area contributed by atoms with Crippen LogP contribution in [0.25, 0.3) is 0 Å². The number of amides is 2. The molecule has 1 N–H and O–H groups in total. The van der Waals surface area contributed by atoms with E-state index in [0.717, 1.165) is 40.7 Å². The van der Waals surface area contributed by atoms with Crippen molar-refractivity contribution in [3.8, 4) is 17.2 Å². The molecule has 4 rings (SSSR count). The van der Waals surface area contributed by atoms with Gasteiger partial charge in [-0.25, -0.2) is 0 Å². The van der Waals surface area contributed by atoms with Crippen LogP contribution in [-0.4, -0.2) is 111 Å². The van der Waals surface area contributed by atoms with Crippen molar-refractivity contribution >= 4 is 23.5 Å². The first kappa shape index (κ1) is 35.0. The fourth-order valence-corrected chi connectivity index (χ4v) is 6.72. The molecule has 0 radical (unpaired) electrons. The van der Waals surface area contributed by atoms with Crippen LogP contribution in [-0.2, 0) is 20.9 Å². The number of quaternary nitrogens is 1. The zero-order chi connectivity index (χ0) is 33.6. The molecule has 252 valence electrons. The summed E-state index contributed by atoms with van der Waals surface area (Å²) in [6.45, 7) is 8.32. The van der Waals surface area contributed by atoms with Crippen LogP contribution in [0.15, 0.2) is 36.4 Å². The first-order chi connectivity index (χ1) is 21.9. The summed E-state index contributed by atoms with van der Waals surface area (Å²) in [5.74, 6) is -0.851. The molecular weight excluding hydrogens is 588 g/mol. The molecule has 1 unspecified atom stereocenters. The Hall–Kier alpha value is -3.83. The molecule has 2 aliphatic heterocycles. The number of aliphatic carboxylic acids is 1. The van der Waals surface area contributed by atoms with Gasteiger partial charge in [-0.1, -0.05) is 25.5 Å². The van der Waals surface area contributed by atoms with E-state index in [1.165, 1.54) is 6.92 Å². The molecule has 11 heteroatoms. The number of fused-ring (bicyclic) bond motifs is 1. The summed E-state index contributed by atoms with van der Waals surface area (Å²) in [4.78, 5) is 45.1. The minimum Gasteiger partial charge on any atom is -0.493 e. The predicted octanol–water partition coefficient (Wildman–Crippen LogP) is 4.19. The first-order valence-corrected chi connectivity index (χ1v) is 16.3. The molecule has 2 heterocycles. The topological polar surface area (TPSA) is 109 Å². The summed E-state index contributed by atoms with van der Waals surface area (Å²) < 4.78 is 17.6.